The Morgan fingerprint density at radius 2 is 1.76 bits per heavy atom. The van der Waals surface area contributed by atoms with Crippen molar-refractivity contribution < 1.29 is 13.5 Å². The van der Waals surface area contributed by atoms with Crippen molar-refractivity contribution in [2.24, 2.45) is 0 Å². The van der Waals surface area contributed by atoms with Crippen LogP contribution in [0.2, 0.25) is 15.1 Å². The zero-order valence-electron chi connectivity index (χ0n) is 8.75. The first-order valence-corrected chi connectivity index (χ1v) is 7.17. The summed E-state index contributed by atoms with van der Waals surface area (Å²) in [5.74, 6) is 0. The van der Waals surface area contributed by atoms with Crippen molar-refractivity contribution in [2.75, 3.05) is 6.61 Å². The molecular formula is C9H10Cl3NO3S. The number of hydrogen-bond donors (Lipinski definition) is 2. The Kier molecular flexibility index (Phi) is 5.07. The molecule has 0 aliphatic carbocycles. The van der Waals surface area contributed by atoms with Crippen LogP contribution in [-0.4, -0.2) is 26.2 Å². The summed E-state index contributed by atoms with van der Waals surface area (Å²) in [7, 11) is -3.88. The lowest BCUT2D eigenvalue weighted by atomic mass is 10.4. The predicted molar refractivity (Wildman–Crippen MR) is 68.3 cm³/mol. The lowest BCUT2D eigenvalue weighted by Gasteiger charge is -2.13. The van der Waals surface area contributed by atoms with E-state index in [-0.39, 0.29) is 26.6 Å². The third-order valence-electron chi connectivity index (χ3n) is 1.86. The molecule has 0 saturated carbocycles. The van der Waals surface area contributed by atoms with E-state index < -0.39 is 16.1 Å². The van der Waals surface area contributed by atoms with Crippen molar-refractivity contribution >= 4 is 44.8 Å². The summed E-state index contributed by atoms with van der Waals surface area (Å²) in [4.78, 5) is -0.245. The Balaban J connectivity index is 3.25. The molecule has 8 heteroatoms. The summed E-state index contributed by atoms with van der Waals surface area (Å²) in [6, 6.07) is 1.93. The smallest absolute Gasteiger partial charge is 0.243 e. The molecule has 0 spiro atoms. The highest BCUT2D eigenvalue weighted by Crippen LogP contribution is 2.32. The molecule has 1 aromatic rings. The number of hydrogen-bond acceptors (Lipinski definition) is 3. The van der Waals surface area contributed by atoms with Crippen LogP contribution in [0, 0.1) is 0 Å². The van der Waals surface area contributed by atoms with E-state index in [1.54, 1.807) is 0 Å². The topological polar surface area (TPSA) is 66.4 Å². The van der Waals surface area contributed by atoms with Gasteiger partial charge < -0.3 is 5.11 Å². The minimum atomic E-state index is -3.88. The zero-order valence-corrected chi connectivity index (χ0v) is 11.8. The van der Waals surface area contributed by atoms with E-state index in [1.165, 1.54) is 19.1 Å². The molecule has 1 rings (SSSR count). The molecule has 0 aliphatic rings. The number of halogens is 3. The summed E-state index contributed by atoms with van der Waals surface area (Å²) in [6.07, 6.45) is 0. The molecule has 0 bridgehead atoms. The Bertz CT molecular complexity index is 495. The van der Waals surface area contributed by atoms with Gasteiger partial charge in [-0.2, -0.15) is 0 Å². The van der Waals surface area contributed by atoms with Gasteiger partial charge in [-0.1, -0.05) is 34.8 Å². The Morgan fingerprint density at radius 3 is 2.18 bits per heavy atom. The second kappa shape index (κ2) is 5.73. The van der Waals surface area contributed by atoms with Crippen LogP contribution in [0.3, 0.4) is 0 Å². The highest BCUT2D eigenvalue weighted by molar-refractivity contribution is 7.89. The first-order valence-electron chi connectivity index (χ1n) is 4.55. The summed E-state index contributed by atoms with van der Waals surface area (Å²) in [6.45, 7) is 1.18. The normalized spacial score (nSPS) is 13.7. The molecule has 0 unspecified atom stereocenters. The third kappa shape index (κ3) is 3.71. The fourth-order valence-electron chi connectivity index (χ4n) is 1.15. The van der Waals surface area contributed by atoms with E-state index in [0.29, 0.717) is 0 Å². The van der Waals surface area contributed by atoms with Gasteiger partial charge in [-0.15, -0.1) is 0 Å². The monoisotopic (exact) mass is 317 g/mol. The molecule has 0 saturated heterocycles. The zero-order chi connectivity index (χ0) is 13.2. The maximum Gasteiger partial charge on any atom is 0.243 e. The van der Waals surface area contributed by atoms with Crippen LogP contribution in [0.15, 0.2) is 17.0 Å². The summed E-state index contributed by atoms with van der Waals surface area (Å²) < 4.78 is 26.1. The number of sulfonamides is 1. The Morgan fingerprint density at radius 1 is 1.29 bits per heavy atom. The standard InChI is InChI=1S/C9H10Cl3NO3S/c1-5(4-14)13-17(15,16)9-7(11)2-6(10)3-8(9)12/h2-3,5,13-14H,4H2,1H3/t5-/m0/s1. The van der Waals surface area contributed by atoms with Gasteiger partial charge in [0.1, 0.15) is 4.90 Å². The van der Waals surface area contributed by atoms with Gasteiger partial charge in [0.2, 0.25) is 10.0 Å². The van der Waals surface area contributed by atoms with Crippen LogP contribution >= 0.6 is 34.8 Å². The largest absolute Gasteiger partial charge is 0.395 e. The van der Waals surface area contributed by atoms with Gasteiger partial charge in [0, 0.05) is 11.1 Å². The molecule has 0 heterocycles. The lowest BCUT2D eigenvalue weighted by molar-refractivity contribution is 0.265. The second-order valence-corrected chi connectivity index (χ2v) is 6.31. The molecule has 96 valence electrons. The molecule has 0 amide bonds. The van der Waals surface area contributed by atoms with Crippen LogP contribution < -0.4 is 4.72 Å². The van der Waals surface area contributed by atoms with Gasteiger partial charge in [-0.05, 0) is 19.1 Å². The van der Waals surface area contributed by atoms with Crippen molar-refractivity contribution in [3.05, 3.63) is 27.2 Å². The average molecular weight is 319 g/mol. The van der Waals surface area contributed by atoms with Crippen LogP contribution in [0.4, 0.5) is 0 Å². The quantitative estimate of drug-likeness (QED) is 0.895. The lowest BCUT2D eigenvalue weighted by Crippen LogP contribution is -2.35. The molecule has 17 heavy (non-hydrogen) atoms. The molecule has 2 N–H and O–H groups in total. The molecule has 0 aliphatic heterocycles. The van der Waals surface area contributed by atoms with E-state index in [2.05, 4.69) is 4.72 Å². The predicted octanol–water partition coefficient (Wildman–Crippen LogP) is 2.31. The van der Waals surface area contributed by atoms with E-state index in [1.807, 2.05) is 0 Å². The molecule has 0 fully saturated rings. The Hall–Kier alpha value is -0.0400. The highest BCUT2D eigenvalue weighted by Gasteiger charge is 2.23. The molecular weight excluding hydrogens is 309 g/mol. The van der Waals surface area contributed by atoms with Gasteiger partial charge in [0.15, 0.2) is 0 Å². The van der Waals surface area contributed by atoms with Gasteiger partial charge in [-0.3, -0.25) is 0 Å². The number of benzene rings is 1. The van der Waals surface area contributed by atoms with E-state index in [9.17, 15) is 8.42 Å². The SMILES string of the molecule is C[C@@H](CO)NS(=O)(=O)c1c(Cl)cc(Cl)cc1Cl. The number of aliphatic hydroxyl groups is 1. The number of nitrogens with one attached hydrogen (secondary N) is 1. The molecule has 4 nitrogen and oxygen atoms in total. The highest BCUT2D eigenvalue weighted by atomic mass is 35.5. The van der Waals surface area contributed by atoms with Crippen molar-refractivity contribution in [1.29, 1.82) is 0 Å². The molecule has 1 aromatic carbocycles. The van der Waals surface area contributed by atoms with Crippen molar-refractivity contribution in [3.8, 4) is 0 Å². The first kappa shape index (κ1) is 15.0. The summed E-state index contributed by atoms with van der Waals surface area (Å²) in [5.41, 5.74) is 0. The summed E-state index contributed by atoms with van der Waals surface area (Å²) in [5, 5.41) is 8.92. The van der Waals surface area contributed by atoms with E-state index >= 15 is 0 Å². The van der Waals surface area contributed by atoms with E-state index in [4.69, 9.17) is 39.9 Å². The fraction of sp³-hybridized carbons (Fsp3) is 0.333. The maximum atomic E-state index is 11.9. The third-order valence-corrected chi connectivity index (χ3v) is 4.59. The Labute approximate surface area is 115 Å². The average Bonchev–Trinajstić information content (AvgIpc) is 2.14. The van der Waals surface area contributed by atoms with E-state index in [0.717, 1.165) is 0 Å². The minimum Gasteiger partial charge on any atom is -0.395 e. The molecule has 1 atom stereocenters. The van der Waals surface area contributed by atoms with Crippen LogP contribution in [0.5, 0.6) is 0 Å². The maximum absolute atomic E-state index is 11.9. The number of rotatable bonds is 4. The molecule has 0 radical (unpaired) electrons. The second-order valence-electron chi connectivity index (χ2n) is 3.40. The van der Waals surface area contributed by atoms with Crippen LogP contribution in [0.25, 0.3) is 0 Å². The first-order chi connectivity index (χ1) is 7.77. The number of aliphatic hydroxyl groups excluding tert-OH is 1. The van der Waals surface area contributed by atoms with Crippen molar-refractivity contribution in [2.45, 2.75) is 17.9 Å². The van der Waals surface area contributed by atoms with Gasteiger partial charge >= 0.3 is 0 Å². The van der Waals surface area contributed by atoms with Gasteiger partial charge in [0.25, 0.3) is 0 Å². The van der Waals surface area contributed by atoms with Crippen molar-refractivity contribution in [3.63, 3.8) is 0 Å². The summed E-state index contributed by atoms with van der Waals surface area (Å²) >= 11 is 17.3. The van der Waals surface area contributed by atoms with Crippen LogP contribution in [-0.2, 0) is 10.0 Å². The van der Waals surface area contributed by atoms with Crippen LogP contribution in [0.1, 0.15) is 6.92 Å². The molecule has 0 aromatic heterocycles. The fourth-order valence-corrected chi connectivity index (χ4v) is 3.93. The van der Waals surface area contributed by atoms with Gasteiger partial charge in [0.05, 0.1) is 16.7 Å². The van der Waals surface area contributed by atoms with Gasteiger partial charge in [-0.25, -0.2) is 13.1 Å². The van der Waals surface area contributed by atoms with Crippen molar-refractivity contribution in [1.82, 2.24) is 4.72 Å². The minimum absolute atomic E-state index is 0.0693.